The number of carbonyl (C=O) groups is 2. The quantitative estimate of drug-likeness (QED) is 0.361. The average Bonchev–Trinajstić information content (AvgIpc) is 2.61. The summed E-state index contributed by atoms with van der Waals surface area (Å²) in [7, 11) is 0. The van der Waals surface area contributed by atoms with Gasteiger partial charge in [-0.3, -0.25) is 9.59 Å². The number of esters is 2. The Bertz CT molecular complexity index is 427. The second-order valence-corrected chi connectivity index (χ2v) is 6.56. The van der Waals surface area contributed by atoms with E-state index in [1.54, 1.807) is 0 Å². The molecule has 1 aliphatic heterocycles. The number of hydrogen-bond acceptors (Lipinski definition) is 8. The van der Waals surface area contributed by atoms with Crippen LogP contribution in [0.25, 0.3) is 0 Å². The molecule has 8 nitrogen and oxygen atoms in total. The van der Waals surface area contributed by atoms with E-state index in [4.69, 9.17) is 14.2 Å². The van der Waals surface area contributed by atoms with Gasteiger partial charge in [-0.25, -0.2) is 0 Å². The van der Waals surface area contributed by atoms with Gasteiger partial charge in [-0.05, 0) is 12.8 Å². The summed E-state index contributed by atoms with van der Waals surface area (Å²) in [5.74, 6) is -1.12. The SMILES string of the molecule is CCCCCC(=O)OC1C(O)OC(CO)C(O)C1OC(=O)CCCCC. The molecule has 0 amide bonds. The Labute approximate surface area is 154 Å². The zero-order chi connectivity index (χ0) is 19.5. The van der Waals surface area contributed by atoms with Gasteiger partial charge in [0.25, 0.3) is 0 Å². The van der Waals surface area contributed by atoms with Gasteiger partial charge in [-0.2, -0.15) is 0 Å². The molecule has 0 radical (unpaired) electrons. The van der Waals surface area contributed by atoms with Crippen molar-refractivity contribution < 1.29 is 39.1 Å². The lowest BCUT2D eigenvalue weighted by atomic mass is 9.98. The van der Waals surface area contributed by atoms with Crippen molar-refractivity contribution in [2.45, 2.75) is 95.9 Å². The molecule has 1 heterocycles. The first-order valence-corrected chi connectivity index (χ1v) is 9.45. The highest BCUT2D eigenvalue weighted by molar-refractivity contribution is 5.70. The van der Waals surface area contributed by atoms with Gasteiger partial charge in [0, 0.05) is 12.8 Å². The van der Waals surface area contributed by atoms with Gasteiger partial charge >= 0.3 is 11.9 Å². The Morgan fingerprint density at radius 2 is 1.38 bits per heavy atom. The van der Waals surface area contributed by atoms with E-state index in [1.165, 1.54) is 0 Å². The van der Waals surface area contributed by atoms with Gasteiger partial charge < -0.3 is 29.5 Å². The molecular formula is C18H32O8. The van der Waals surface area contributed by atoms with Crippen LogP contribution in [-0.2, 0) is 23.8 Å². The lowest BCUT2D eigenvalue weighted by molar-refractivity contribution is -0.293. The van der Waals surface area contributed by atoms with Crippen LogP contribution < -0.4 is 0 Å². The van der Waals surface area contributed by atoms with E-state index in [9.17, 15) is 24.9 Å². The molecule has 5 atom stereocenters. The molecule has 5 unspecified atom stereocenters. The Morgan fingerprint density at radius 3 is 1.85 bits per heavy atom. The molecule has 0 saturated carbocycles. The molecule has 3 N–H and O–H groups in total. The molecule has 0 aromatic heterocycles. The smallest absolute Gasteiger partial charge is 0.306 e. The molecule has 0 aliphatic carbocycles. The second-order valence-electron chi connectivity index (χ2n) is 6.56. The van der Waals surface area contributed by atoms with E-state index in [1.807, 2.05) is 13.8 Å². The van der Waals surface area contributed by atoms with Gasteiger partial charge in [0.05, 0.1) is 6.61 Å². The Hall–Kier alpha value is -1.22. The first-order chi connectivity index (χ1) is 12.4. The Balaban J connectivity index is 2.74. The van der Waals surface area contributed by atoms with Crippen molar-refractivity contribution in [2.24, 2.45) is 0 Å². The van der Waals surface area contributed by atoms with Crippen LogP contribution in [0.2, 0.25) is 0 Å². The Kier molecular flexibility index (Phi) is 10.7. The van der Waals surface area contributed by atoms with Crippen molar-refractivity contribution in [1.82, 2.24) is 0 Å². The van der Waals surface area contributed by atoms with Crippen LogP contribution in [0.4, 0.5) is 0 Å². The zero-order valence-corrected chi connectivity index (χ0v) is 15.6. The maximum atomic E-state index is 12.0. The van der Waals surface area contributed by atoms with Crippen molar-refractivity contribution in [3.05, 3.63) is 0 Å². The lowest BCUT2D eigenvalue weighted by Gasteiger charge is -2.41. The van der Waals surface area contributed by atoms with Gasteiger partial charge in [-0.15, -0.1) is 0 Å². The fourth-order valence-corrected chi connectivity index (χ4v) is 2.78. The third kappa shape index (κ3) is 7.19. The van der Waals surface area contributed by atoms with Gasteiger partial charge in [0.2, 0.25) is 0 Å². The normalized spacial score (nSPS) is 28.6. The van der Waals surface area contributed by atoms with E-state index in [-0.39, 0.29) is 12.8 Å². The summed E-state index contributed by atoms with van der Waals surface area (Å²) in [6.07, 6.45) is -1.55. The fourth-order valence-electron chi connectivity index (χ4n) is 2.78. The molecule has 0 bridgehead atoms. The largest absolute Gasteiger partial charge is 0.455 e. The van der Waals surface area contributed by atoms with E-state index >= 15 is 0 Å². The van der Waals surface area contributed by atoms with Crippen LogP contribution in [0.15, 0.2) is 0 Å². The first-order valence-electron chi connectivity index (χ1n) is 9.45. The summed E-state index contributed by atoms with van der Waals surface area (Å²) in [6, 6.07) is 0. The lowest BCUT2D eigenvalue weighted by Crippen LogP contribution is -2.61. The Morgan fingerprint density at radius 1 is 0.885 bits per heavy atom. The van der Waals surface area contributed by atoms with Gasteiger partial charge in [0.15, 0.2) is 18.5 Å². The molecule has 8 heteroatoms. The summed E-state index contributed by atoms with van der Waals surface area (Å²) in [5.41, 5.74) is 0. The van der Waals surface area contributed by atoms with E-state index in [0.717, 1.165) is 25.7 Å². The number of aliphatic hydroxyl groups excluding tert-OH is 3. The summed E-state index contributed by atoms with van der Waals surface area (Å²) >= 11 is 0. The van der Waals surface area contributed by atoms with Crippen molar-refractivity contribution in [3.63, 3.8) is 0 Å². The number of aliphatic hydroxyl groups is 3. The predicted octanol–water partition coefficient (Wildman–Crippen LogP) is 1.04. The summed E-state index contributed by atoms with van der Waals surface area (Å²) in [4.78, 5) is 24.0. The summed E-state index contributed by atoms with van der Waals surface area (Å²) in [5, 5.41) is 29.7. The first kappa shape index (κ1) is 22.8. The maximum absolute atomic E-state index is 12.0. The van der Waals surface area contributed by atoms with E-state index < -0.39 is 49.3 Å². The molecule has 0 spiro atoms. The van der Waals surface area contributed by atoms with Crippen molar-refractivity contribution in [1.29, 1.82) is 0 Å². The van der Waals surface area contributed by atoms with Crippen LogP contribution in [0.5, 0.6) is 0 Å². The van der Waals surface area contributed by atoms with Gasteiger partial charge in [0.1, 0.15) is 12.2 Å². The monoisotopic (exact) mass is 376 g/mol. The molecule has 0 aromatic carbocycles. The zero-order valence-electron chi connectivity index (χ0n) is 15.6. The third-order valence-corrected chi connectivity index (χ3v) is 4.32. The second kappa shape index (κ2) is 12.2. The molecule has 1 aliphatic rings. The van der Waals surface area contributed by atoms with E-state index in [2.05, 4.69) is 0 Å². The van der Waals surface area contributed by atoms with Crippen molar-refractivity contribution in [2.75, 3.05) is 6.61 Å². The van der Waals surface area contributed by atoms with Crippen molar-refractivity contribution >= 4 is 11.9 Å². The standard InChI is InChI=1S/C18H32O8/c1-3-5-7-9-13(20)25-16-15(22)12(11-19)24-18(23)17(16)26-14(21)10-8-6-4-2/h12,15-19,22-23H,3-11H2,1-2H3. The summed E-state index contributed by atoms with van der Waals surface area (Å²) in [6.45, 7) is 3.44. The highest BCUT2D eigenvalue weighted by atomic mass is 16.7. The number of unbranched alkanes of at least 4 members (excludes halogenated alkanes) is 4. The topological polar surface area (TPSA) is 123 Å². The molecule has 152 valence electrons. The predicted molar refractivity (Wildman–Crippen MR) is 92.0 cm³/mol. The summed E-state index contributed by atoms with van der Waals surface area (Å²) < 4.78 is 15.6. The fraction of sp³-hybridized carbons (Fsp3) is 0.889. The highest BCUT2D eigenvalue weighted by Crippen LogP contribution is 2.26. The molecule has 1 fully saturated rings. The number of rotatable bonds is 11. The van der Waals surface area contributed by atoms with Crippen molar-refractivity contribution in [3.8, 4) is 0 Å². The minimum absolute atomic E-state index is 0.160. The minimum Gasteiger partial charge on any atom is -0.455 e. The van der Waals surface area contributed by atoms with Crippen LogP contribution in [-0.4, -0.2) is 64.6 Å². The highest BCUT2D eigenvalue weighted by Gasteiger charge is 2.48. The molecule has 1 rings (SSSR count). The molecule has 0 aromatic rings. The van der Waals surface area contributed by atoms with Gasteiger partial charge in [-0.1, -0.05) is 39.5 Å². The number of carbonyl (C=O) groups excluding carboxylic acids is 2. The number of ether oxygens (including phenoxy) is 3. The minimum atomic E-state index is -1.60. The molecule has 26 heavy (non-hydrogen) atoms. The van der Waals surface area contributed by atoms with Crippen LogP contribution in [0, 0.1) is 0 Å². The van der Waals surface area contributed by atoms with Crippen LogP contribution in [0.1, 0.15) is 65.2 Å². The average molecular weight is 376 g/mol. The molecule has 1 saturated heterocycles. The number of hydrogen-bond donors (Lipinski definition) is 3. The van der Waals surface area contributed by atoms with Crippen LogP contribution >= 0.6 is 0 Å². The van der Waals surface area contributed by atoms with Crippen LogP contribution in [0.3, 0.4) is 0 Å². The molecular weight excluding hydrogens is 344 g/mol. The van der Waals surface area contributed by atoms with E-state index in [0.29, 0.717) is 12.8 Å². The maximum Gasteiger partial charge on any atom is 0.306 e. The third-order valence-electron chi connectivity index (χ3n) is 4.32.